The predicted molar refractivity (Wildman–Crippen MR) is 81.5 cm³/mol. The molecule has 0 saturated carbocycles. The summed E-state index contributed by atoms with van der Waals surface area (Å²) in [7, 11) is 1.47. The van der Waals surface area contributed by atoms with Gasteiger partial charge in [-0.2, -0.15) is 8.78 Å². The maximum atomic E-state index is 12.3. The molecule has 2 aromatic rings. The average Bonchev–Trinajstić information content (AvgIpc) is 2.54. The van der Waals surface area contributed by atoms with Crippen LogP contribution in [0.2, 0.25) is 0 Å². The van der Waals surface area contributed by atoms with Gasteiger partial charge in [0.25, 0.3) is 0 Å². The minimum atomic E-state index is -2.93. The summed E-state index contributed by atoms with van der Waals surface area (Å²) in [6, 6.07) is 7.78. The van der Waals surface area contributed by atoms with E-state index in [2.05, 4.69) is 15.0 Å². The third-order valence-corrected chi connectivity index (χ3v) is 2.81. The van der Waals surface area contributed by atoms with Crippen LogP contribution in [0.15, 0.2) is 48.8 Å². The highest BCUT2D eigenvalue weighted by molar-refractivity contribution is 6.02. The largest absolute Gasteiger partial charge is 0.494 e. The number of hydrogen-bond acceptors (Lipinski definition) is 4. The first-order valence-corrected chi connectivity index (χ1v) is 6.61. The molecule has 0 spiro atoms. The molecular weight excluding hydrogens is 306 g/mol. The quantitative estimate of drug-likeness (QED) is 0.829. The highest BCUT2D eigenvalue weighted by Gasteiger charge is 2.08. The molecule has 0 aliphatic rings. The molecule has 120 valence electrons. The second-order valence-electron chi connectivity index (χ2n) is 4.31. The van der Waals surface area contributed by atoms with Crippen molar-refractivity contribution in [3.05, 3.63) is 54.4 Å². The van der Waals surface area contributed by atoms with Gasteiger partial charge in [-0.15, -0.1) is 0 Å². The summed E-state index contributed by atoms with van der Waals surface area (Å²) in [6.07, 6.45) is 5.57. The number of halogens is 2. The van der Waals surface area contributed by atoms with Gasteiger partial charge in [-0.25, -0.2) is 0 Å². The average molecular weight is 320 g/mol. The molecule has 23 heavy (non-hydrogen) atoms. The van der Waals surface area contributed by atoms with Crippen molar-refractivity contribution in [2.75, 3.05) is 12.4 Å². The van der Waals surface area contributed by atoms with Gasteiger partial charge in [0.05, 0.1) is 13.3 Å². The predicted octanol–water partition coefficient (Wildman–Crippen LogP) is 3.34. The standard InChI is InChI=1S/C16H14F2N2O3/c1-22-14-8-9-19-10-12(14)20-15(21)7-6-11-4-2-3-5-13(11)23-16(17)18/h2-10,16H,1H3,(H,20,21). The van der Waals surface area contributed by atoms with E-state index in [0.717, 1.165) is 0 Å². The van der Waals surface area contributed by atoms with Crippen LogP contribution in [0.1, 0.15) is 5.56 Å². The molecular formula is C16H14F2N2O3. The summed E-state index contributed by atoms with van der Waals surface area (Å²) in [6.45, 7) is -2.93. The molecule has 0 unspecified atom stereocenters. The molecule has 1 N–H and O–H groups in total. The molecule has 2 rings (SSSR count). The summed E-state index contributed by atoms with van der Waals surface area (Å²) in [5.41, 5.74) is 0.767. The van der Waals surface area contributed by atoms with Crippen LogP contribution in [0, 0.1) is 0 Å². The van der Waals surface area contributed by atoms with Gasteiger partial charge in [0.2, 0.25) is 5.91 Å². The van der Waals surface area contributed by atoms with Gasteiger partial charge in [-0.1, -0.05) is 18.2 Å². The van der Waals surface area contributed by atoms with Crippen molar-refractivity contribution in [1.82, 2.24) is 4.98 Å². The van der Waals surface area contributed by atoms with Crippen molar-refractivity contribution in [3.63, 3.8) is 0 Å². The van der Waals surface area contributed by atoms with Gasteiger partial charge >= 0.3 is 6.61 Å². The summed E-state index contributed by atoms with van der Waals surface area (Å²) in [5, 5.41) is 2.59. The van der Waals surface area contributed by atoms with Gasteiger partial charge in [0, 0.05) is 23.9 Å². The molecule has 1 aromatic carbocycles. The van der Waals surface area contributed by atoms with Crippen LogP contribution in [0.25, 0.3) is 6.08 Å². The fourth-order valence-electron chi connectivity index (χ4n) is 1.81. The van der Waals surface area contributed by atoms with Crippen molar-refractivity contribution in [1.29, 1.82) is 0 Å². The van der Waals surface area contributed by atoms with E-state index in [1.807, 2.05) is 0 Å². The van der Waals surface area contributed by atoms with Gasteiger partial charge in [0.15, 0.2) is 0 Å². The first-order valence-electron chi connectivity index (χ1n) is 6.61. The Morgan fingerprint density at radius 1 is 1.26 bits per heavy atom. The Labute approximate surface area is 131 Å². The Hall–Kier alpha value is -2.96. The molecule has 0 saturated heterocycles. The lowest BCUT2D eigenvalue weighted by Gasteiger charge is -2.08. The van der Waals surface area contributed by atoms with Crippen LogP contribution in [0.3, 0.4) is 0 Å². The van der Waals surface area contributed by atoms with Crippen LogP contribution in [0.5, 0.6) is 11.5 Å². The first-order chi connectivity index (χ1) is 11.1. The zero-order valence-electron chi connectivity index (χ0n) is 12.2. The number of pyridine rings is 1. The third kappa shape index (κ3) is 4.77. The molecule has 5 nitrogen and oxygen atoms in total. The van der Waals surface area contributed by atoms with Crippen LogP contribution >= 0.6 is 0 Å². The number of aromatic nitrogens is 1. The van der Waals surface area contributed by atoms with E-state index in [9.17, 15) is 13.6 Å². The van der Waals surface area contributed by atoms with Gasteiger partial charge < -0.3 is 14.8 Å². The Bertz CT molecular complexity index is 705. The topological polar surface area (TPSA) is 60.5 Å². The van der Waals surface area contributed by atoms with E-state index in [1.165, 1.54) is 37.7 Å². The number of alkyl halides is 2. The molecule has 1 aromatic heterocycles. The van der Waals surface area contributed by atoms with Crippen molar-refractivity contribution in [2.45, 2.75) is 6.61 Å². The van der Waals surface area contributed by atoms with Crippen molar-refractivity contribution in [2.24, 2.45) is 0 Å². The molecule has 0 radical (unpaired) electrons. The molecule has 0 aliphatic heterocycles. The third-order valence-electron chi connectivity index (χ3n) is 2.81. The number of methoxy groups -OCH3 is 1. The lowest BCUT2D eigenvalue weighted by Crippen LogP contribution is -2.09. The lowest BCUT2D eigenvalue weighted by molar-refractivity contribution is -0.111. The monoisotopic (exact) mass is 320 g/mol. The number of anilines is 1. The highest BCUT2D eigenvalue weighted by atomic mass is 19.3. The molecule has 1 heterocycles. The number of carbonyl (C=O) groups excluding carboxylic acids is 1. The summed E-state index contributed by atoms with van der Waals surface area (Å²) in [5.74, 6) is -0.00292. The maximum absolute atomic E-state index is 12.3. The Morgan fingerprint density at radius 3 is 2.78 bits per heavy atom. The molecule has 7 heteroatoms. The second-order valence-corrected chi connectivity index (χ2v) is 4.31. The van der Waals surface area contributed by atoms with E-state index in [0.29, 0.717) is 17.0 Å². The van der Waals surface area contributed by atoms with Crippen molar-refractivity contribution < 1.29 is 23.0 Å². The maximum Gasteiger partial charge on any atom is 0.387 e. The number of ether oxygens (including phenoxy) is 2. The molecule has 0 atom stereocenters. The second kappa shape index (κ2) is 7.88. The fourth-order valence-corrected chi connectivity index (χ4v) is 1.81. The molecule has 1 amide bonds. The van der Waals surface area contributed by atoms with Crippen LogP contribution in [-0.2, 0) is 4.79 Å². The minimum Gasteiger partial charge on any atom is -0.494 e. The number of rotatable bonds is 6. The molecule has 0 aliphatic carbocycles. The number of amides is 1. The highest BCUT2D eigenvalue weighted by Crippen LogP contribution is 2.23. The van der Waals surface area contributed by atoms with E-state index in [-0.39, 0.29) is 5.75 Å². The molecule has 0 fully saturated rings. The normalized spacial score (nSPS) is 10.8. The zero-order chi connectivity index (χ0) is 16.7. The number of benzene rings is 1. The molecule has 0 bridgehead atoms. The van der Waals surface area contributed by atoms with Crippen LogP contribution in [-0.4, -0.2) is 24.6 Å². The minimum absolute atomic E-state index is 0.00879. The van der Waals surface area contributed by atoms with Crippen LogP contribution in [0.4, 0.5) is 14.5 Å². The number of nitrogens with one attached hydrogen (secondary N) is 1. The van der Waals surface area contributed by atoms with Gasteiger partial charge in [-0.05, 0) is 12.1 Å². The fraction of sp³-hybridized carbons (Fsp3) is 0.125. The first kappa shape index (κ1) is 16.4. The number of para-hydroxylation sites is 1. The summed E-state index contributed by atoms with van der Waals surface area (Å²) in [4.78, 5) is 15.8. The Morgan fingerprint density at radius 2 is 2.04 bits per heavy atom. The van der Waals surface area contributed by atoms with E-state index in [4.69, 9.17) is 4.74 Å². The van der Waals surface area contributed by atoms with Crippen LogP contribution < -0.4 is 14.8 Å². The zero-order valence-corrected chi connectivity index (χ0v) is 12.2. The van der Waals surface area contributed by atoms with Crippen molar-refractivity contribution >= 4 is 17.7 Å². The van der Waals surface area contributed by atoms with Gasteiger partial charge in [0.1, 0.15) is 17.2 Å². The van der Waals surface area contributed by atoms with E-state index < -0.39 is 12.5 Å². The van der Waals surface area contributed by atoms with E-state index >= 15 is 0 Å². The Balaban J connectivity index is 2.10. The summed E-state index contributed by atoms with van der Waals surface area (Å²) < 4.78 is 34.1. The van der Waals surface area contributed by atoms with Crippen molar-refractivity contribution in [3.8, 4) is 11.5 Å². The lowest BCUT2D eigenvalue weighted by atomic mass is 10.2. The van der Waals surface area contributed by atoms with Gasteiger partial charge in [-0.3, -0.25) is 9.78 Å². The number of nitrogens with zero attached hydrogens (tertiary/aromatic N) is 1. The summed E-state index contributed by atoms with van der Waals surface area (Å²) >= 11 is 0. The number of carbonyl (C=O) groups is 1. The number of hydrogen-bond donors (Lipinski definition) is 1. The Kier molecular flexibility index (Phi) is 5.62. The SMILES string of the molecule is COc1ccncc1NC(=O)C=Cc1ccccc1OC(F)F. The van der Waals surface area contributed by atoms with E-state index in [1.54, 1.807) is 24.3 Å². The smallest absolute Gasteiger partial charge is 0.387 e.